The third-order valence-corrected chi connectivity index (χ3v) is 4.15. The first kappa shape index (κ1) is 9.46. The average molecular weight is 278 g/mol. The summed E-state index contributed by atoms with van der Waals surface area (Å²) in [4.78, 5) is 0.823. The van der Waals surface area contributed by atoms with E-state index in [1.54, 1.807) is 0 Å². The Morgan fingerprint density at radius 2 is 2.23 bits per heavy atom. The van der Waals surface area contributed by atoms with E-state index in [9.17, 15) is 0 Å². The molecule has 0 unspecified atom stereocenters. The van der Waals surface area contributed by atoms with Crippen molar-refractivity contribution in [1.29, 1.82) is 0 Å². The van der Waals surface area contributed by atoms with Crippen LogP contribution in [0.2, 0.25) is 5.02 Å². The fourth-order valence-electron chi connectivity index (χ4n) is 1.22. The highest BCUT2D eigenvalue weighted by Crippen LogP contribution is 2.39. The highest BCUT2D eigenvalue weighted by atomic mass is 79.9. The molecule has 68 valence electrons. The standard InChI is InChI=1S/C9H6BrClOS/c10-5-2-1-3-6-8(5)9(11)7(4-12)13-6/h1-3,12H,4H2. The van der Waals surface area contributed by atoms with Gasteiger partial charge in [-0.15, -0.1) is 11.3 Å². The summed E-state index contributed by atoms with van der Waals surface area (Å²) in [7, 11) is 0. The van der Waals surface area contributed by atoms with Crippen molar-refractivity contribution in [3.05, 3.63) is 32.6 Å². The molecule has 0 aliphatic carbocycles. The second-order valence-electron chi connectivity index (χ2n) is 2.61. The highest BCUT2D eigenvalue weighted by molar-refractivity contribution is 9.10. The minimum atomic E-state index is 0.00458. The van der Waals surface area contributed by atoms with E-state index in [-0.39, 0.29) is 6.61 Å². The van der Waals surface area contributed by atoms with Gasteiger partial charge in [0.1, 0.15) is 0 Å². The molecule has 0 fully saturated rings. The Morgan fingerprint density at radius 1 is 1.46 bits per heavy atom. The molecule has 0 bridgehead atoms. The molecule has 0 atom stereocenters. The topological polar surface area (TPSA) is 20.2 Å². The Bertz CT molecular complexity index is 452. The molecule has 2 rings (SSSR count). The van der Waals surface area contributed by atoms with Crippen molar-refractivity contribution < 1.29 is 5.11 Å². The molecule has 13 heavy (non-hydrogen) atoms. The van der Waals surface area contributed by atoms with Crippen molar-refractivity contribution in [1.82, 2.24) is 0 Å². The normalized spacial score (nSPS) is 11.0. The molecule has 0 aliphatic heterocycles. The SMILES string of the molecule is OCc1sc2cccc(Br)c2c1Cl. The Labute approximate surface area is 93.1 Å². The van der Waals surface area contributed by atoms with Crippen molar-refractivity contribution >= 4 is 49.0 Å². The van der Waals surface area contributed by atoms with Gasteiger partial charge in [-0.3, -0.25) is 0 Å². The summed E-state index contributed by atoms with van der Waals surface area (Å²) in [5.74, 6) is 0. The molecular formula is C9H6BrClOS. The van der Waals surface area contributed by atoms with Crippen LogP contribution in [-0.2, 0) is 6.61 Å². The summed E-state index contributed by atoms with van der Waals surface area (Å²) in [6.45, 7) is 0.00458. The summed E-state index contributed by atoms with van der Waals surface area (Å²) >= 11 is 11.0. The van der Waals surface area contributed by atoms with Gasteiger partial charge in [0, 0.05) is 19.4 Å². The number of thiophene rings is 1. The fraction of sp³-hybridized carbons (Fsp3) is 0.111. The van der Waals surface area contributed by atoms with Crippen LogP contribution in [0.15, 0.2) is 22.7 Å². The van der Waals surface area contributed by atoms with Crippen molar-refractivity contribution in [3.63, 3.8) is 0 Å². The smallest absolute Gasteiger partial charge is 0.0789 e. The fourth-order valence-corrected chi connectivity index (χ4v) is 3.45. The van der Waals surface area contributed by atoms with Gasteiger partial charge in [-0.2, -0.15) is 0 Å². The molecule has 1 aromatic heterocycles. The lowest BCUT2D eigenvalue weighted by atomic mass is 10.2. The van der Waals surface area contributed by atoms with Gasteiger partial charge in [0.15, 0.2) is 0 Å². The second-order valence-corrected chi connectivity index (χ2v) is 4.98. The lowest BCUT2D eigenvalue weighted by molar-refractivity contribution is 0.285. The summed E-state index contributed by atoms with van der Waals surface area (Å²) in [5.41, 5.74) is 0. The second kappa shape index (κ2) is 3.58. The van der Waals surface area contributed by atoms with Crippen molar-refractivity contribution in [3.8, 4) is 0 Å². The van der Waals surface area contributed by atoms with Crippen LogP contribution in [0.3, 0.4) is 0 Å². The van der Waals surface area contributed by atoms with E-state index in [1.807, 2.05) is 18.2 Å². The Hall–Kier alpha value is -0.0900. The minimum Gasteiger partial charge on any atom is -0.391 e. The zero-order valence-electron chi connectivity index (χ0n) is 6.55. The van der Waals surface area contributed by atoms with E-state index in [4.69, 9.17) is 16.7 Å². The van der Waals surface area contributed by atoms with Gasteiger partial charge in [0.05, 0.1) is 11.6 Å². The lowest BCUT2D eigenvalue weighted by Crippen LogP contribution is -1.75. The highest BCUT2D eigenvalue weighted by Gasteiger charge is 2.11. The average Bonchev–Trinajstić information content (AvgIpc) is 2.44. The maximum absolute atomic E-state index is 9.02. The van der Waals surface area contributed by atoms with Crippen LogP contribution in [0, 0.1) is 0 Å². The molecule has 2 aromatic rings. The first-order valence-electron chi connectivity index (χ1n) is 3.70. The van der Waals surface area contributed by atoms with Crippen LogP contribution in [0.1, 0.15) is 4.88 Å². The molecule has 1 heterocycles. The zero-order chi connectivity index (χ0) is 9.42. The van der Waals surface area contributed by atoms with Gasteiger partial charge < -0.3 is 5.11 Å². The summed E-state index contributed by atoms with van der Waals surface area (Å²) in [6, 6.07) is 5.90. The molecular weight excluding hydrogens is 272 g/mol. The molecule has 0 saturated heterocycles. The molecule has 0 saturated carbocycles. The van der Waals surface area contributed by atoms with Crippen molar-refractivity contribution in [2.75, 3.05) is 0 Å². The van der Waals surface area contributed by atoms with E-state index >= 15 is 0 Å². The largest absolute Gasteiger partial charge is 0.391 e. The number of aliphatic hydroxyl groups excluding tert-OH is 1. The predicted molar refractivity (Wildman–Crippen MR) is 60.5 cm³/mol. The maximum atomic E-state index is 9.02. The van der Waals surface area contributed by atoms with Crippen LogP contribution in [-0.4, -0.2) is 5.11 Å². The van der Waals surface area contributed by atoms with E-state index in [2.05, 4.69) is 15.9 Å². The monoisotopic (exact) mass is 276 g/mol. The van der Waals surface area contributed by atoms with Crippen LogP contribution in [0.4, 0.5) is 0 Å². The molecule has 0 spiro atoms. The van der Waals surface area contributed by atoms with Crippen LogP contribution in [0.25, 0.3) is 10.1 Å². The molecule has 0 amide bonds. The first-order valence-corrected chi connectivity index (χ1v) is 5.69. The predicted octanol–water partition coefficient (Wildman–Crippen LogP) is 3.81. The zero-order valence-corrected chi connectivity index (χ0v) is 9.71. The quantitative estimate of drug-likeness (QED) is 0.840. The third kappa shape index (κ3) is 1.50. The number of hydrogen-bond acceptors (Lipinski definition) is 2. The van der Waals surface area contributed by atoms with Gasteiger partial charge in [-0.1, -0.05) is 33.6 Å². The van der Waals surface area contributed by atoms with Crippen LogP contribution in [0.5, 0.6) is 0 Å². The molecule has 1 aromatic carbocycles. The number of hydrogen-bond donors (Lipinski definition) is 1. The Balaban J connectivity index is 2.85. The van der Waals surface area contributed by atoms with E-state index < -0.39 is 0 Å². The van der Waals surface area contributed by atoms with E-state index in [0.717, 1.165) is 19.4 Å². The molecule has 4 heteroatoms. The summed E-state index contributed by atoms with van der Waals surface area (Å²) < 4.78 is 2.08. The lowest BCUT2D eigenvalue weighted by Gasteiger charge is -1.93. The number of rotatable bonds is 1. The van der Waals surface area contributed by atoms with Gasteiger partial charge in [-0.05, 0) is 12.1 Å². The maximum Gasteiger partial charge on any atom is 0.0789 e. The van der Waals surface area contributed by atoms with E-state index in [1.165, 1.54) is 11.3 Å². The van der Waals surface area contributed by atoms with E-state index in [0.29, 0.717) is 5.02 Å². The molecule has 0 aliphatic rings. The van der Waals surface area contributed by atoms with Gasteiger partial charge >= 0.3 is 0 Å². The third-order valence-electron chi connectivity index (χ3n) is 1.82. The summed E-state index contributed by atoms with van der Waals surface area (Å²) in [5, 5.41) is 10.7. The molecule has 1 N–H and O–H groups in total. The van der Waals surface area contributed by atoms with Crippen LogP contribution < -0.4 is 0 Å². The summed E-state index contributed by atoms with van der Waals surface area (Å²) in [6.07, 6.45) is 0. The molecule has 0 radical (unpaired) electrons. The molecule has 1 nitrogen and oxygen atoms in total. The van der Waals surface area contributed by atoms with Gasteiger partial charge in [0.2, 0.25) is 0 Å². The Kier molecular flexibility index (Phi) is 2.60. The number of fused-ring (bicyclic) bond motifs is 1. The Morgan fingerprint density at radius 3 is 2.85 bits per heavy atom. The number of aliphatic hydroxyl groups is 1. The minimum absolute atomic E-state index is 0.00458. The van der Waals surface area contributed by atoms with Gasteiger partial charge in [0.25, 0.3) is 0 Å². The first-order chi connectivity index (χ1) is 6.24. The van der Waals surface area contributed by atoms with Crippen LogP contribution >= 0.6 is 38.9 Å². The number of halogens is 2. The van der Waals surface area contributed by atoms with Crippen molar-refractivity contribution in [2.24, 2.45) is 0 Å². The number of benzene rings is 1. The van der Waals surface area contributed by atoms with Crippen molar-refractivity contribution in [2.45, 2.75) is 6.61 Å². The van der Waals surface area contributed by atoms with Gasteiger partial charge in [-0.25, -0.2) is 0 Å².